The molecule has 0 radical (unpaired) electrons. The van der Waals surface area contributed by atoms with Crippen molar-refractivity contribution in [2.24, 2.45) is 0 Å². The van der Waals surface area contributed by atoms with Gasteiger partial charge in [-0.1, -0.05) is 62.2 Å². The van der Waals surface area contributed by atoms with Gasteiger partial charge in [-0.05, 0) is 11.6 Å². The molecule has 4 atom stereocenters. The van der Waals surface area contributed by atoms with E-state index < -0.39 is 16.5 Å². The van der Waals surface area contributed by atoms with E-state index in [1.165, 1.54) is 0 Å². The van der Waals surface area contributed by atoms with Gasteiger partial charge in [-0.3, -0.25) is 4.79 Å². The van der Waals surface area contributed by atoms with Crippen molar-refractivity contribution >= 4 is 37.8 Å². The number of hydrogen-bond donors (Lipinski definition) is 1. The molecule has 3 aliphatic rings. The average molecular weight is 374 g/mol. The summed E-state index contributed by atoms with van der Waals surface area (Å²) in [4.78, 5) is 12.0. The first-order chi connectivity index (χ1) is 8.54. The van der Waals surface area contributed by atoms with Gasteiger partial charge in [0.15, 0.2) is 10.4 Å². The van der Waals surface area contributed by atoms with Crippen molar-refractivity contribution in [3.05, 3.63) is 46.5 Å². The summed E-state index contributed by atoms with van der Waals surface area (Å²) >= 11 is 6.78. The maximum Gasteiger partial charge on any atom is 0.328 e. The molecule has 94 valence electrons. The van der Waals surface area contributed by atoms with Gasteiger partial charge in [-0.15, -0.1) is 0 Å². The van der Waals surface area contributed by atoms with E-state index in [0.29, 0.717) is 4.48 Å². The molecule has 1 aromatic rings. The van der Waals surface area contributed by atoms with E-state index in [4.69, 9.17) is 4.74 Å². The number of carbonyl (C=O) groups excluding carboxylic acids is 1. The van der Waals surface area contributed by atoms with Crippen LogP contribution in [0.1, 0.15) is 11.5 Å². The van der Waals surface area contributed by atoms with Gasteiger partial charge in [0.25, 0.3) is 0 Å². The summed E-state index contributed by atoms with van der Waals surface area (Å²) in [6.45, 7) is 0. The minimum Gasteiger partial charge on any atom is -0.453 e. The van der Waals surface area contributed by atoms with E-state index in [-0.39, 0.29) is 11.9 Å². The number of carbonyl (C=O) groups is 1. The van der Waals surface area contributed by atoms with Crippen LogP contribution >= 0.6 is 31.9 Å². The van der Waals surface area contributed by atoms with Crippen molar-refractivity contribution in [1.82, 2.24) is 0 Å². The minimum absolute atomic E-state index is 0.341. The van der Waals surface area contributed by atoms with Gasteiger partial charge in [0.2, 0.25) is 0 Å². The Morgan fingerprint density at radius 2 is 1.94 bits per heavy atom. The third kappa shape index (κ3) is 1.61. The molecule has 18 heavy (non-hydrogen) atoms. The molecule has 0 spiro atoms. The predicted molar refractivity (Wildman–Crippen MR) is 73.7 cm³/mol. The van der Waals surface area contributed by atoms with Crippen LogP contribution in [0.5, 0.6) is 0 Å². The van der Waals surface area contributed by atoms with Crippen LogP contribution in [0.2, 0.25) is 0 Å². The van der Waals surface area contributed by atoms with E-state index >= 15 is 0 Å². The molecule has 2 aliphatic heterocycles. The number of alkyl halides is 1. The van der Waals surface area contributed by atoms with Crippen LogP contribution in [0, 0.1) is 0 Å². The first kappa shape index (κ1) is 12.4. The zero-order valence-electron chi connectivity index (χ0n) is 9.22. The van der Waals surface area contributed by atoms with E-state index in [9.17, 15) is 9.90 Å². The molecule has 3 nitrogen and oxygen atoms in total. The van der Waals surface area contributed by atoms with Crippen LogP contribution < -0.4 is 0 Å². The predicted octanol–water partition coefficient (Wildman–Crippen LogP) is 2.48. The fourth-order valence-corrected chi connectivity index (χ4v) is 4.48. The molecule has 0 saturated carbocycles. The van der Waals surface area contributed by atoms with Gasteiger partial charge in [0, 0.05) is 10.4 Å². The largest absolute Gasteiger partial charge is 0.453 e. The SMILES string of the molecule is O=C1O[C@@H]2C(Br)=C[C@@]1(Br)[C@@H](c1ccccc1)[C@H]2O. The first-order valence-electron chi connectivity index (χ1n) is 5.55. The smallest absolute Gasteiger partial charge is 0.328 e. The fourth-order valence-electron chi connectivity index (χ4n) is 2.58. The number of aliphatic hydroxyl groups excluding tert-OH is 1. The Bertz CT molecular complexity index is 528. The number of esters is 1. The minimum atomic E-state index is -0.999. The summed E-state index contributed by atoms with van der Waals surface area (Å²) in [5.74, 6) is -0.693. The fraction of sp³-hybridized carbons (Fsp3) is 0.308. The lowest BCUT2D eigenvalue weighted by Crippen LogP contribution is -2.58. The summed E-state index contributed by atoms with van der Waals surface area (Å²) in [5.41, 5.74) is 0.916. The number of rotatable bonds is 1. The Labute approximate surface area is 121 Å². The number of ether oxygens (including phenoxy) is 1. The zero-order valence-corrected chi connectivity index (χ0v) is 12.4. The standard InChI is InChI=1S/C13H10Br2O3/c14-8-6-13(15)9(7-4-2-1-3-5-7)10(16)11(8)18-12(13)17/h1-6,9-11,16H/t9-,10+,11+,13+/m0/s1. The van der Waals surface area contributed by atoms with Crippen molar-refractivity contribution in [3.8, 4) is 0 Å². The molecule has 0 amide bonds. The van der Waals surface area contributed by atoms with Crippen molar-refractivity contribution in [1.29, 1.82) is 0 Å². The molecular formula is C13H10Br2O3. The lowest BCUT2D eigenvalue weighted by Gasteiger charge is -2.47. The summed E-state index contributed by atoms with van der Waals surface area (Å²) in [7, 11) is 0. The van der Waals surface area contributed by atoms with Gasteiger partial charge in [-0.2, -0.15) is 0 Å². The number of fused-ring (bicyclic) bond motifs is 2. The molecular weight excluding hydrogens is 364 g/mol. The van der Waals surface area contributed by atoms with Crippen molar-refractivity contribution in [3.63, 3.8) is 0 Å². The number of aliphatic hydroxyl groups is 1. The molecule has 1 saturated heterocycles. The second-order valence-corrected chi connectivity index (χ2v) is 6.73. The molecule has 1 aliphatic carbocycles. The van der Waals surface area contributed by atoms with E-state index in [1.54, 1.807) is 6.08 Å². The van der Waals surface area contributed by atoms with Crippen molar-refractivity contribution < 1.29 is 14.6 Å². The van der Waals surface area contributed by atoms with Crippen LogP contribution in [0.4, 0.5) is 0 Å². The van der Waals surface area contributed by atoms with Crippen molar-refractivity contribution in [2.45, 2.75) is 22.5 Å². The van der Waals surface area contributed by atoms with Crippen LogP contribution in [-0.2, 0) is 9.53 Å². The Kier molecular flexibility index (Phi) is 2.88. The Hall–Kier alpha value is -0.650. The highest BCUT2D eigenvalue weighted by Crippen LogP contribution is 2.52. The monoisotopic (exact) mass is 372 g/mol. The third-order valence-electron chi connectivity index (χ3n) is 3.43. The van der Waals surface area contributed by atoms with Gasteiger partial charge in [0.1, 0.15) is 6.10 Å². The quantitative estimate of drug-likeness (QED) is 0.607. The van der Waals surface area contributed by atoms with E-state index in [1.807, 2.05) is 30.3 Å². The first-order valence-corrected chi connectivity index (χ1v) is 7.14. The van der Waals surface area contributed by atoms with Gasteiger partial charge < -0.3 is 9.84 Å². The zero-order chi connectivity index (χ0) is 12.9. The van der Waals surface area contributed by atoms with E-state index in [0.717, 1.165) is 5.56 Å². The Morgan fingerprint density at radius 1 is 1.28 bits per heavy atom. The second-order valence-electron chi connectivity index (χ2n) is 4.50. The molecule has 1 N–H and O–H groups in total. The second kappa shape index (κ2) is 4.18. The average Bonchev–Trinajstić information content (AvgIpc) is 2.33. The molecule has 0 unspecified atom stereocenters. The van der Waals surface area contributed by atoms with Crippen LogP contribution in [-0.4, -0.2) is 27.6 Å². The number of halogens is 2. The number of benzene rings is 1. The van der Waals surface area contributed by atoms with Crippen LogP contribution in [0.3, 0.4) is 0 Å². The molecule has 2 heterocycles. The number of hydrogen-bond acceptors (Lipinski definition) is 3. The summed E-state index contributed by atoms with van der Waals surface area (Å²) in [5, 5.41) is 10.4. The highest BCUT2D eigenvalue weighted by Gasteiger charge is 2.59. The molecule has 0 aromatic heterocycles. The third-order valence-corrected chi connectivity index (χ3v) is 5.16. The summed E-state index contributed by atoms with van der Waals surface area (Å²) < 4.78 is 4.92. The molecule has 1 aromatic carbocycles. The molecule has 2 bridgehead atoms. The maximum atomic E-state index is 12.0. The van der Waals surface area contributed by atoms with E-state index in [2.05, 4.69) is 31.9 Å². The van der Waals surface area contributed by atoms with Crippen LogP contribution in [0.25, 0.3) is 0 Å². The van der Waals surface area contributed by atoms with Gasteiger partial charge in [0.05, 0.1) is 0 Å². The lowest BCUT2D eigenvalue weighted by atomic mass is 9.74. The van der Waals surface area contributed by atoms with Crippen molar-refractivity contribution in [2.75, 3.05) is 0 Å². The maximum absolute atomic E-state index is 12.0. The molecule has 1 fully saturated rings. The Morgan fingerprint density at radius 3 is 2.61 bits per heavy atom. The molecule has 5 heteroatoms. The topological polar surface area (TPSA) is 46.5 Å². The van der Waals surface area contributed by atoms with Gasteiger partial charge >= 0.3 is 5.97 Å². The lowest BCUT2D eigenvalue weighted by molar-refractivity contribution is -0.166. The Balaban J connectivity index is 2.14. The highest BCUT2D eigenvalue weighted by atomic mass is 79.9. The van der Waals surface area contributed by atoms with Crippen LogP contribution in [0.15, 0.2) is 40.9 Å². The van der Waals surface area contributed by atoms with Gasteiger partial charge in [-0.25, -0.2) is 0 Å². The summed E-state index contributed by atoms with van der Waals surface area (Å²) in [6.07, 6.45) is 0.416. The normalized spacial score (nSPS) is 38.3. The highest BCUT2D eigenvalue weighted by molar-refractivity contribution is 9.12. The summed E-state index contributed by atoms with van der Waals surface area (Å²) in [6, 6.07) is 9.51. The molecule has 4 rings (SSSR count).